The number of thiophene rings is 1. The van der Waals surface area contributed by atoms with Gasteiger partial charge >= 0.3 is 0 Å². The van der Waals surface area contributed by atoms with Crippen molar-refractivity contribution >= 4 is 17.3 Å². The molecule has 0 radical (unpaired) electrons. The summed E-state index contributed by atoms with van der Waals surface area (Å²) in [7, 11) is 1.66. The zero-order valence-electron chi connectivity index (χ0n) is 11.7. The second kappa shape index (κ2) is 5.41. The second-order valence-electron chi connectivity index (χ2n) is 5.18. The molecule has 1 aliphatic heterocycles. The lowest BCUT2D eigenvalue weighted by atomic mass is 9.95. The van der Waals surface area contributed by atoms with Gasteiger partial charge in [0.25, 0.3) is 0 Å². The number of methoxy groups -OCH3 is 1. The van der Waals surface area contributed by atoms with E-state index >= 15 is 0 Å². The lowest BCUT2D eigenvalue weighted by Gasteiger charge is -2.34. The van der Waals surface area contributed by atoms with Crippen LogP contribution in [0.25, 0.3) is 10.7 Å². The standard InChI is InChI=1S/C13H19N5OS/c1-8-3-5-18(7-9(8)14)13-15-12(16-17-13)11-10(19-2)4-6-20-11/h4,6,8-9H,3,5,7,14H2,1-2H3,(H,15,16,17). The Labute approximate surface area is 122 Å². The molecule has 7 heteroatoms. The van der Waals surface area contributed by atoms with Crippen molar-refractivity contribution in [1.82, 2.24) is 15.2 Å². The SMILES string of the molecule is COc1ccsc1-c1nc(N2CCC(C)C(N)C2)n[nH]1. The number of nitrogens with two attached hydrogens (primary N) is 1. The van der Waals surface area contributed by atoms with Crippen LogP contribution >= 0.6 is 11.3 Å². The quantitative estimate of drug-likeness (QED) is 0.900. The number of rotatable bonds is 3. The first-order chi connectivity index (χ1) is 9.69. The molecule has 0 saturated carbocycles. The minimum Gasteiger partial charge on any atom is -0.495 e. The molecule has 3 N–H and O–H groups in total. The molecule has 1 saturated heterocycles. The zero-order chi connectivity index (χ0) is 14.1. The summed E-state index contributed by atoms with van der Waals surface area (Å²) in [5, 5.41) is 9.29. The van der Waals surface area contributed by atoms with Crippen LogP contribution in [0.5, 0.6) is 5.75 Å². The van der Waals surface area contributed by atoms with Crippen LogP contribution in [-0.2, 0) is 0 Å². The number of H-pyrrole nitrogens is 1. The fourth-order valence-corrected chi connectivity index (χ4v) is 3.21. The van der Waals surface area contributed by atoms with E-state index in [0.29, 0.717) is 5.92 Å². The van der Waals surface area contributed by atoms with Gasteiger partial charge in [0, 0.05) is 19.1 Å². The Balaban J connectivity index is 1.80. The number of hydrogen-bond donors (Lipinski definition) is 2. The van der Waals surface area contributed by atoms with Gasteiger partial charge in [-0.25, -0.2) is 0 Å². The highest BCUT2D eigenvalue weighted by atomic mass is 32.1. The molecule has 0 bridgehead atoms. The Morgan fingerprint density at radius 3 is 3.15 bits per heavy atom. The molecule has 0 spiro atoms. The predicted octanol–water partition coefficient (Wildman–Crippen LogP) is 1.72. The first-order valence-corrected chi connectivity index (χ1v) is 7.61. The molecule has 20 heavy (non-hydrogen) atoms. The van der Waals surface area contributed by atoms with E-state index in [4.69, 9.17) is 10.5 Å². The van der Waals surface area contributed by atoms with Gasteiger partial charge in [-0.2, -0.15) is 4.98 Å². The normalized spacial score (nSPS) is 23.1. The van der Waals surface area contributed by atoms with Crippen LogP contribution in [0.1, 0.15) is 13.3 Å². The van der Waals surface area contributed by atoms with Gasteiger partial charge in [-0.05, 0) is 23.8 Å². The van der Waals surface area contributed by atoms with Crippen molar-refractivity contribution in [3.05, 3.63) is 11.4 Å². The molecule has 0 aliphatic carbocycles. The maximum atomic E-state index is 6.13. The van der Waals surface area contributed by atoms with Crippen molar-refractivity contribution in [2.75, 3.05) is 25.1 Å². The summed E-state index contributed by atoms with van der Waals surface area (Å²) in [6.45, 7) is 3.95. The van der Waals surface area contributed by atoms with Gasteiger partial charge < -0.3 is 15.4 Å². The van der Waals surface area contributed by atoms with Crippen molar-refractivity contribution < 1.29 is 4.74 Å². The molecule has 2 aromatic rings. The average Bonchev–Trinajstić information content (AvgIpc) is 3.09. The lowest BCUT2D eigenvalue weighted by Crippen LogP contribution is -2.48. The fourth-order valence-electron chi connectivity index (χ4n) is 2.41. The molecule has 0 amide bonds. The number of aromatic nitrogens is 3. The van der Waals surface area contributed by atoms with Crippen LogP contribution in [0.2, 0.25) is 0 Å². The Morgan fingerprint density at radius 2 is 2.40 bits per heavy atom. The molecule has 3 rings (SSSR count). The Morgan fingerprint density at radius 1 is 1.55 bits per heavy atom. The van der Waals surface area contributed by atoms with Crippen molar-refractivity contribution in [2.24, 2.45) is 11.7 Å². The second-order valence-corrected chi connectivity index (χ2v) is 6.09. The highest BCUT2D eigenvalue weighted by Crippen LogP contribution is 2.33. The Hall–Kier alpha value is -1.60. The predicted molar refractivity (Wildman–Crippen MR) is 80.2 cm³/mol. The molecule has 3 heterocycles. The maximum absolute atomic E-state index is 6.13. The Bertz CT molecular complexity index is 581. The van der Waals surface area contributed by atoms with Crippen molar-refractivity contribution in [1.29, 1.82) is 0 Å². The zero-order valence-corrected chi connectivity index (χ0v) is 12.5. The highest BCUT2D eigenvalue weighted by Gasteiger charge is 2.25. The number of anilines is 1. The maximum Gasteiger partial charge on any atom is 0.245 e. The first kappa shape index (κ1) is 13.4. The van der Waals surface area contributed by atoms with E-state index in [9.17, 15) is 0 Å². The summed E-state index contributed by atoms with van der Waals surface area (Å²) in [6.07, 6.45) is 1.08. The minimum atomic E-state index is 0.182. The van der Waals surface area contributed by atoms with E-state index in [2.05, 4.69) is 27.0 Å². The van der Waals surface area contributed by atoms with E-state index in [1.54, 1.807) is 18.4 Å². The summed E-state index contributed by atoms with van der Waals surface area (Å²) in [4.78, 5) is 7.70. The van der Waals surface area contributed by atoms with Crippen molar-refractivity contribution in [2.45, 2.75) is 19.4 Å². The van der Waals surface area contributed by atoms with Gasteiger partial charge in [0.2, 0.25) is 5.95 Å². The van der Waals surface area contributed by atoms with Crippen molar-refractivity contribution in [3.8, 4) is 16.5 Å². The van der Waals surface area contributed by atoms with Gasteiger partial charge in [-0.1, -0.05) is 6.92 Å². The van der Waals surface area contributed by atoms with Gasteiger partial charge in [0.15, 0.2) is 5.82 Å². The molecule has 108 valence electrons. The molecule has 2 atom stereocenters. The van der Waals surface area contributed by atoms with Crippen molar-refractivity contribution in [3.63, 3.8) is 0 Å². The third-order valence-electron chi connectivity index (χ3n) is 3.84. The molecule has 2 unspecified atom stereocenters. The molecule has 6 nitrogen and oxygen atoms in total. The van der Waals surface area contributed by atoms with Crippen LogP contribution in [0.4, 0.5) is 5.95 Å². The number of aromatic amines is 1. The van der Waals surface area contributed by atoms with Crippen LogP contribution in [0.3, 0.4) is 0 Å². The van der Waals surface area contributed by atoms with Crippen LogP contribution in [0.15, 0.2) is 11.4 Å². The van der Waals surface area contributed by atoms with E-state index in [1.807, 2.05) is 11.4 Å². The first-order valence-electron chi connectivity index (χ1n) is 6.74. The van der Waals surface area contributed by atoms with E-state index in [0.717, 1.165) is 41.9 Å². The molecule has 2 aromatic heterocycles. The summed E-state index contributed by atoms with van der Waals surface area (Å²) in [5.74, 6) is 2.85. The molecule has 1 aliphatic rings. The summed E-state index contributed by atoms with van der Waals surface area (Å²) in [6, 6.07) is 2.11. The average molecular weight is 293 g/mol. The van der Waals surface area contributed by atoms with Crippen LogP contribution in [-0.4, -0.2) is 41.4 Å². The van der Waals surface area contributed by atoms with Gasteiger partial charge in [0.05, 0.1) is 7.11 Å². The monoisotopic (exact) mass is 293 g/mol. The van der Waals surface area contributed by atoms with Gasteiger partial charge in [-0.3, -0.25) is 5.10 Å². The lowest BCUT2D eigenvalue weighted by molar-refractivity contribution is 0.376. The largest absolute Gasteiger partial charge is 0.495 e. The summed E-state index contributed by atoms with van der Waals surface area (Å²) >= 11 is 1.59. The topological polar surface area (TPSA) is 80.1 Å². The van der Waals surface area contributed by atoms with Crippen LogP contribution in [0, 0.1) is 5.92 Å². The van der Waals surface area contributed by atoms with E-state index in [-0.39, 0.29) is 6.04 Å². The molecule has 1 fully saturated rings. The minimum absolute atomic E-state index is 0.182. The summed E-state index contributed by atoms with van der Waals surface area (Å²) < 4.78 is 5.31. The third-order valence-corrected chi connectivity index (χ3v) is 4.74. The van der Waals surface area contributed by atoms with Gasteiger partial charge in [-0.15, -0.1) is 16.4 Å². The third kappa shape index (κ3) is 2.38. The number of nitrogens with one attached hydrogen (secondary N) is 1. The van der Waals surface area contributed by atoms with Gasteiger partial charge in [0.1, 0.15) is 10.6 Å². The highest BCUT2D eigenvalue weighted by molar-refractivity contribution is 7.13. The number of nitrogens with zero attached hydrogens (tertiary/aromatic N) is 3. The van der Waals surface area contributed by atoms with Crippen LogP contribution < -0.4 is 15.4 Å². The molecular weight excluding hydrogens is 274 g/mol. The number of piperidine rings is 1. The smallest absolute Gasteiger partial charge is 0.245 e. The Kier molecular flexibility index (Phi) is 3.62. The summed E-state index contributed by atoms with van der Waals surface area (Å²) in [5.41, 5.74) is 6.13. The van der Waals surface area contributed by atoms with E-state index < -0.39 is 0 Å². The fraction of sp³-hybridized carbons (Fsp3) is 0.538. The molecule has 0 aromatic carbocycles. The number of hydrogen-bond acceptors (Lipinski definition) is 6. The van der Waals surface area contributed by atoms with E-state index in [1.165, 1.54) is 0 Å². The molecular formula is C13H19N5OS. The number of ether oxygens (including phenoxy) is 1.